The Kier molecular flexibility index (Phi) is 6.77. The molecular formula is C20H29N3O3. The maximum Gasteiger partial charge on any atom is 0.251 e. The van der Waals surface area contributed by atoms with Gasteiger partial charge in [0, 0.05) is 37.3 Å². The highest BCUT2D eigenvalue weighted by molar-refractivity contribution is 5.98. The van der Waals surface area contributed by atoms with Crippen molar-refractivity contribution in [1.82, 2.24) is 10.2 Å². The molecule has 1 heterocycles. The Morgan fingerprint density at radius 1 is 1.19 bits per heavy atom. The van der Waals surface area contributed by atoms with Crippen molar-refractivity contribution in [2.24, 2.45) is 5.92 Å². The van der Waals surface area contributed by atoms with Gasteiger partial charge in [0.25, 0.3) is 5.91 Å². The lowest BCUT2D eigenvalue weighted by atomic mass is 10.0. The molecule has 3 amide bonds. The Labute approximate surface area is 155 Å². The van der Waals surface area contributed by atoms with Crippen LogP contribution in [0.25, 0.3) is 0 Å². The van der Waals surface area contributed by atoms with Crippen LogP contribution in [0.5, 0.6) is 0 Å². The summed E-state index contributed by atoms with van der Waals surface area (Å²) in [6.07, 6.45) is 2.37. The number of carbonyl (C=O) groups is 3. The number of benzene rings is 1. The Balaban J connectivity index is 1.87. The molecule has 1 fully saturated rings. The molecule has 0 radical (unpaired) electrons. The molecular weight excluding hydrogens is 330 g/mol. The summed E-state index contributed by atoms with van der Waals surface area (Å²) in [5, 5.41) is 2.67. The van der Waals surface area contributed by atoms with Gasteiger partial charge in [-0.05, 0) is 49.9 Å². The highest BCUT2D eigenvalue weighted by atomic mass is 16.2. The monoisotopic (exact) mass is 359 g/mol. The number of hydrogen-bond donors (Lipinski definition) is 1. The lowest BCUT2D eigenvalue weighted by molar-refractivity contribution is -0.130. The van der Waals surface area contributed by atoms with Crippen molar-refractivity contribution >= 4 is 23.4 Å². The van der Waals surface area contributed by atoms with Crippen molar-refractivity contribution in [2.45, 2.75) is 46.1 Å². The van der Waals surface area contributed by atoms with Gasteiger partial charge in [-0.25, -0.2) is 0 Å². The third-order valence-electron chi connectivity index (χ3n) is 4.78. The van der Waals surface area contributed by atoms with Crippen LogP contribution in [0.4, 0.5) is 5.69 Å². The van der Waals surface area contributed by atoms with Crippen molar-refractivity contribution in [3.05, 3.63) is 29.8 Å². The number of nitrogens with zero attached hydrogens (tertiary/aromatic N) is 2. The van der Waals surface area contributed by atoms with E-state index in [1.54, 1.807) is 41.1 Å². The molecule has 1 unspecified atom stereocenters. The van der Waals surface area contributed by atoms with E-state index in [1.807, 2.05) is 6.92 Å². The summed E-state index contributed by atoms with van der Waals surface area (Å²) < 4.78 is 0. The fourth-order valence-electron chi connectivity index (χ4n) is 3.18. The molecule has 26 heavy (non-hydrogen) atoms. The van der Waals surface area contributed by atoms with E-state index in [-0.39, 0.29) is 30.3 Å². The zero-order chi connectivity index (χ0) is 19.3. The predicted molar refractivity (Wildman–Crippen MR) is 102 cm³/mol. The first-order valence-electron chi connectivity index (χ1n) is 9.24. The van der Waals surface area contributed by atoms with Crippen LogP contribution in [0.2, 0.25) is 0 Å². The normalized spacial score (nSPS) is 15.3. The molecule has 142 valence electrons. The number of rotatable bonds is 7. The van der Waals surface area contributed by atoms with Crippen LogP contribution in [-0.2, 0) is 9.59 Å². The maximum absolute atomic E-state index is 12.3. The van der Waals surface area contributed by atoms with Crippen LogP contribution < -0.4 is 10.2 Å². The summed E-state index contributed by atoms with van der Waals surface area (Å²) in [6.45, 7) is 6.95. The van der Waals surface area contributed by atoms with Gasteiger partial charge >= 0.3 is 0 Å². The quantitative estimate of drug-likeness (QED) is 0.813. The van der Waals surface area contributed by atoms with Gasteiger partial charge in [0.15, 0.2) is 0 Å². The van der Waals surface area contributed by atoms with E-state index in [4.69, 9.17) is 0 Å². The predicted octanol–water partition coefficient (Wildman–Crippen LogP) is 2.44. The molecule has 0 aliphatic carbocycles. The molecule has 2 rings (SSSR count). The zero-order valence-corrected chi connectivity index (χ0v) is 16.1. The van der Waals surface area contributed by atoms with Gasteiger partial charge in [0.05, 0.1) is 6.54 Å². The topological polar surface area (TPSA) is 69.7 Å². The van der Waals surface area contributed by atoms with Gasteiger partial charge in [-0.3, -0.25) is 14.4 Å². The van der Waals surface area contributed by atoms with Crippen molar-refractivity contribution < 1.29 is 14.4 Å². The minimum absolute atomic E-state index is 0.0237. The first-order chi connectivity index (χ1) is 12.3. The van der Waals surface area contributed by atoms with Gasteiger partial charge in [0.2, 0.25) is 11.8 Å². The second kappa shape index (κ2) is 8.83. The molecule has 1 N–H and O–H groups in total. The third kappa shape index (κ3) is 5.07. The first kappa shape index (κ1) is 19.9. The Bertz CT molecular complexity index is 655. The maximum atomic E-state index is 12.3. The van der Waals surface area contributed by atoms with Gasteiger partial charge in [-0.2, -0.15) is 0 Å². The smallest absolute Gasteiger partial charge is 0.251 e. The van der Waals surface area contributed by atoms with E-state index in [0.717, 1.165) is 25.1 Å². The van der Waals surface area contributed by atoms with Crippen molar-refractivity contribution in [1.29, 1.82) is 0 Å². The molecule has 1 atom stereocenters. The Morgan fingerprint density at radius 2 is 1.85 bits per heavy atom. The second-order valence-electron chi connectivity index (χ2n) is 7.36. The average Bonchev–Trinajstić information content (AvgIpc) is 3.04. The number of amides is 3. The summed E-state index contributed by atoms with van der Waals surface area (Å²) in [5.74, 6) is 0.232. The minimum atomic E-state index is -0.289. The van der Waals surface area contributed by atoms with Gasteiger partial charge < -0.3 is 15.1 Å². The molecule has 1 aromatic rings. The van der Waals surface area contributed by atoms with Crippen LogP contribution in [0.1, 0.15) is 50.4 Å². The summed E-state index contributed by atoms with van der Waals surface area (Å²) in [6, 6.07) is 7.06. The van der Waals surface area contributed by atoms with Crippen LogP contribution in [0, 0.1) is 5.92 Å². The molecule has 1 aromatic carbocycles. The molecule has 6 nitrogen and oxygen atoms in total. The molecule has 1 aliphatic heterocycles. The largest absolute Gasteiger partial charge is 0.343 e. The van der Waals surface area contributed by atoms with Crippen LogP contribution in [-0.4, -0.2) is 48.8 Å². The Morgan fingerprint density at radius 3 is 2.38 bits per heavy atom. The van der Waals surface area contributed by atoms with E-state index in [9.17, 15) is 14.4 Å². The molecule has 0 bridgehead atoms. The van der Waals surface area contributed by atoms with E-state index in [0.29, 0.717) is 17.9 Å². The standard InChI is InChI=1S/C20H29N3O3/c1-14(2)12-15(3)22(4)19(25)13-21-20(26)16-7-9-17(10-8-16)23-11-5-6-18(23)24/h7-10,14-15H,5-6,11-13H2,1-4H3,(H,21,26). The third-order valence-corrected chi connectivity index (χ3v) is 4.78. The number of carbonyl (C=O) groups excluding carboxylic acids is 3. The summed E-state index contributed by atoms with van der Waals surface area (Å²) in [7, 11) is 1.77. The SMILES string of the molecule is CC(C)CC(C)N(C)C(=O)CNC(=O)c1ccc(N2CCCC2=O)cc1. The minimum Gasteiger partial charge on any atom is -0.343 e. The molecule has 1 aliphatic rings. The van der Waals surface area contributed by atoms with Crippen molar-refractivity contribution in [3.8, 4) is 0 Å². The van der Waals surface area contributed by atoms with Crippen molar-refractivity contribution in [2.75, 3.05) is 25.0 Å². The van der Waals surface area contributed by atoms with Gasteiger partial charge in [0.1, 0.15) is 0 Å². The lowest BCUT2D eigenvalue weighted by Gasteiger charge is -2.26. The summed E-state index contributed by atoms with van der Waals surface area (Å²) in [4.78, 5) is 39.7. The first-order valence-corrected chi connectivity index (χ1v) is 9.24. The van der Waals surface area contributed by atoms with Gasteiger partial charge in [-0.15, -0.1) is 0 Å². The van der Waals surface area contributed by atoms with E-state index < -0.39 is 0 Å². The summed E-state index contributed by atoms with van der Waals surface area (Å²) >= 11 is 0. The molecule has 1 saturated heterocycles. The van der Waals surface area contributed by atoms with E-state index >= 15 is 0 Å². The molecule has 6 heteroatoms. The Hall–Kier alpha value is -2.37. The van der Waals surface area contributed by atoms with Crippen molar-refractivity contribution in [3.63, 3.8) is 0 Å². The number of nitrogens with one attached hydrogen (secondary N) is 1. The molecule has 0 saturated carbocycles. The highest BCUT2D eigenvalue weighted by Gasteiger charge is 2.22. The zero-order valence-electron chi connectivity index (χ0n) is 16.1. The lowest BCUT2D eigenvalue weighted by Crippen LogP contribution is -2.42. The fourth-order valence-corrected chi connectivity index (χ4v) is 3.18. The van der Waals surface area contributed by atoms with Crippen LogP contribution in [0.15, 0.2) is 24.3 Å². The highest BCUT2D eigenvalue weighted by Crippen LogP contribution is 2.21. The fraction of sp³-hybridized carbons (Fsp3) is 0.550. The summed E-state index contributed by atoms with van der Waals surface area (Å²) in [5.41, 5.74) is 1.29. The molecule has 0 spiro atoms. The average molecular weight is 359 g/mol. The number of likely N-dealkylation sites (N-methyl/N-ethyl adjacent to an activating group) is 1. The second-order valence-corrected chi connectivity index (χ2v) is 7.36. The number of anilines is 1. The van der Waals surface area contributed by atoms with E-state index in [1.165, 1.54) is 0 Å². The van der Waals surface area contributed by atoms with Crippen LogP contribution in [0.3, 0.4) is 0 Å². The van der Waals surface area contributed by atoms with Crippen LogP contribution >= 0.6 is 0 Å². The number of hydrogen-bond acceptors (Lipinski definition) is 3. The van der Waals surface area contributed by atoms with Gasteiger partial charge in [-0.1, -0.05) is 13.8 Å². The molecule has 0 aromatic heterocycles. The van der Waals surface area contributed by atoms with E-state index in [2.05, 4.69) is 19.2 Å².